The summed E-state index contributed by atoms with van der Waals surface area (Å²) in [4.78, 5) is 0. The van der Waals surface area contributed by atoms with E-state index in [1.54, 1.807) is 0 Å². The van der Waals surface area contributed by atoms with Gasteiger partial charge in [0.25, 0.3) is 0 Å². The largest absolute Gasteiger partial charge is 0.0622 e. The zero-order valence-corrected chi connectivity index (χ0v) is 28.5. The van der Waals surface area contributed by atoms with Crippen LogP contribution in [0.2, 0.25) is 0 Å². The predicted octanol–water partition coefficient (Wildman–Crippen LogP) is 14.8. The van der Waals surface area contributed by atoms with Crippen molar-refractivity contribution in [3.63, 3.8) is 0 Å². The fourth-order valence-corrected chi connectivity index (χ4v) is 8.52. The second kappa shape index (κ2) is 11.4. The molecule has 11 aromatic carbocycles. The standard InChI is InChI=1S/C52H32/c1-2-8-33(9-3-1)35-17-18-38-31-50-43(30-44(38)28-35)21-20-41-27-37(23-25-47(41)50)36-22-24-46-39(26-36)11-6-14-48(46)49-15-7-12-40-29-42-19-16-34-10-4-5-13-45(34)51(42)32-52(40)49/h1-32H. The lowest BCUT2D eigenvalue weighted by molar-refractivity contribution is 1.65. The number of benzene rings is 11. The monoisotopic (exact) mass is 656 g/mol. The van der Waals surface area contributed by atoms with Crippen molar-refractivity contribution in [3.05, 3.63) is 194 Å². The van der Waals surface area contributed by atoms with E-state index in [0.717, 1.165) is 0 Å². The second-order valence-corrected chi connectivity index (χ2v) is 14.1. The van der Waals surface area contributed by atoms with E-state index in [9.17, 15) is 0 Å². The molecule has 0 unspecified atom stereocenters. The Bertz CT molecular complexity index is 3220. The normalized spacial score (nSPS) is 11.8. The van der Waals surface area contributed by atoms with Crippen LogP contribution in [0.5, 0.6) is 0 Å². The Hall–Kier alpha value is -6.76. The van der Waals surface area contributed by atoms with Crippen molar-refractivity contribution in [2.24, 2.45) is 0 Å². The molecule has 0 saturated carbocycles. The number of rotatable bonds is 3. The highest BCUT2D eigenvalue weighted by Crippen LogP contribution is 2.39. The molecule has 0 aromatic heterocycles. The predicted molar refractivity (Wildman–Crippen MR) is 225 cm³/mol. The highest BCUT2D eigenvalue weighted by atomic mass is 14.2. The average Bonchev–Trinajstić information content (AvgIpc) is 3.21. The average molecular weight is 657 g/mol. The lowest BCUT2D eigenvalue weighted by Gasteiger charge is -2.14. The van der Waals surface area contributed by atoms with E-state index < -0.39 is 0 Å². The molecule has 0 bridgehead atoms. The van der Waals surface area contributed by atoms with Gasteiger partial charge in [0.1, 0.15) is 0 Å². The molecular formula is C52H32. The molecule has 0 atom stereocenters. The third-order valence-corrected chi connectivity index (χ3v) is 11.1. The van der Waals surface area contributed by atoms with E-state index in [1.807, 2.05) is 0 Å². The van der Waals surface area contributed by atoms with Crippen molar-refractivity contribution >= 4 is 75.4 Å². The Balaban J connectivity index is 0.996. The molecule has 0 aliphatic rings. The summed E-state index contributed by atoms with van der Waals surface area (Å²) in [5.74, 6) is 0. The molecule has 0 radical (unpaired) electrons. The topological polar surface area (TPSA) is 0 Å². The van der Waals surface area contributed by atoms with Gasteiger partial charge >= 0.3 is 0 Å². The van der Waals surface area contributed by atoms with Gasteiger partial charge in [-0.3, -0.25) is 0 Å². The molecule has 0 N–H and O–H groups in total. The molecule has 0 spiro atoms. The lowest BCUT2D eigenvalue weighted by Crippen LogP contribution is -1.87. The van der Waals surface area contributed by atoms with Crippen LogP contribution >= 0.6 is 0 Å². The van der Waals surface area contributed by atoms with E-state index >= 15 is 0 Å². The molecule has 0 heterocycles. The number of hydrogen-bond acceptors (Lipinski definition) is 0. The fraction of sp³-hybridized carbons (Fsp3) is 0. The van der Waals surface area contributed by atoms with Gasteiger partial charge < -0.3 is 0 Å². The maximum Gasteiger partial charge on any atom is -0.00986 e. The Morgan fingerprint density at radius 3 is 1.44 bits per heavy atom. The van der Waals surface area contributed by atoms with Crippen molar-refractivity contribution < 1.29 is 0 Å². The van der Waals surface area contributed by atoms with Gasteiger partial charge in [-0.25, -0.2) is 0 Å². The Morgan fingerprint density at radius 1 is 0.173 bits per heavy atom. The van der Waals surface area contributed by atoms with Crippen LogP contribution in [-0.2, 0) is 0 Å². The van der Waals surface area contributed by atoms with Crippen molar-refractivity contribution in [2.75, 3.05) is 0 Å². The minimum absolute atomic E-state index is 1.23. The first kappa shape index (κ1) is 29.0. The van der Waals surface area contributed by atoms with Crippen molar-refractivity contribution in [2.45, 2.75) is 0 Å². The van der Waals surface area contributed by atoms with Crippen LogP contribution in [0.25, 0.3) is 109 Å². The Labute approximate surface area is 301 Å². The van der Waals surface area contributed by atoms with Gasteiger partial charge in [-0.2, -0.15) is 0 Å². The quantitative estimate of drug-likeness (QED) is 0.131. The third kappa shape index (κ3) is 4.62. The van der Waals surface area contributed by atoms with Gasteiger partial charge in [0.15, 0.2) is 0 Å². The van der Waals surface area contributed by atoms with Gasteiger partial charge in [0, 0.05) is 0 Å². The van der Waals surface area contributed by atoms with Gasteiger partial charge in [0.2, 0.25) is 0 Å². The highest BCUT2D eigenvalue weighted by Gasteiger charge is 2.12. The molecule has 0 aliphatic heterocycles. The van der Waals surface area contributed by atoms with Crippen LogP contribution in [0.15, 0.2) is 194 Å². The van der Waals surface area contributed by atoms with Crippen LogP contribution in [0.1, 0.15) is 0 Å². The van der Waals surface area contributed by atoms with Gasteiger partial charge in [-0.15, -0.1) is 0 Å². The van der Waals surface area contributed by atoms with Crippen LogP contribution in [0.3, 0.4) is 0 Å². The maximum atomic E-state index is 2.40. The van der Waals surface area contributed by atoms with Crippen molar-refractivity contribution in [1.29, 1.82) is 0 Å². The molecule has 0 saturated heterocycles. The molecule has 0 fully saturated rings. The summed E-state index contributed by atoms with van der Waals surface area (Å²) in [6.07, 6.45) is 0. The Morgan fingerprint density at radius 2 is 0.654 bits per heavy atom. The molecule has 11 rings (SSSR count). The smallest absolute Gasteiger partial charge is 0.00986 e. The number of hydrogen-bond donors (Lipinski definition) is 0. The summed E-state index contributed by atoms with van der Waals surface area (Å²) in [6.45, 7) is 0. The lowest BCUT2D eigenvalue weighted by atomic mass is 9.90. The SMILES string of the molecule is c1ccc(-c2ccc3cc4c(ccc5cc(-c6ccc7c(-c8cccc9cc%10ccc%11ccccc%11c%10cc89)cccc7c6)ccc54)cc3c2)cc1. The highest BCUT2D eigenvalue weighted by molar-refractivity contribution is 6.16. The second-order valence-electron chi connectivity index (χ2n) is 14.1. The summed E-state index contributed by atoms with van der Waals surface area (Å²) in [5.41, 5.74) is 7.50. The zero-order chi connectivity index (χ0) is 34.2. The Kier molecular flexibility index (Phi) is 6.35. The van der Waals surface area contributed by atoms with Gasteiger partial charge in [0.05, 0.1) is 0 Å². The summed E-state index contributed by atoms with van der Waals surface area (Å²) >= 11 is 0. The minimum atomic E-state index is 1.23. The fourth-order valence-electron chi connectivity index (χ4n) is 8.52. The van der Waals surface area contributed by atoms with Crippen LogP contribution in [0.4, 0.5) is 0 Å². The van der Waals surface area contributed by atoms with Crippen LogP contribution < -0.4 is 0 Å². The van der Waals surface area contributed by atoms with E-state index in [2.05, 4.69) is 194 Å². The van der Waals surface area contributed by atoms with Crippen molar-refractivity contribution in [1.82, 2.24) is 0 Å². The third-order valence-electron chi connectivity index (χ3n) is 11.1. The van der Waals surface area contributed by atoms with E-state index in [1.165, 1.54) is 109 Å². The molecule has 0 nitrogen and oxygen atoms in total. The first-order valence-corrected chi connectivity index (χ1v) is 18.1. The molecule has 11 aromatic rings. The van der Waals surface area contributed by atoms with Gasteiger partial charge in [-0.1, -0.05) is 152 Å². The first-order chi connectivity index (χ1) is 25.7. The van der Waals surface area contributed by atoms with E-state index in [4.69, 9.17) is 0 Å². The summed E-state index contributed by atoms with van der Waals surface area (Å²) in [5, 5.41) is 17.9. The number of fused-ring (bicyclic) bond motifs is 9. The van der Waals surface area contributed by atoms with E-state index in [-0.39, 0.29) is 0 Å². The summed E-state index contributed by atoms with van der Waals surface area (Å²) < 4.78 is 0. The molecule has 0 amide bonds. The van der Waals surface area contributed by atoms with Crippen LogP contribution in [0, 0.1) is 0 Å². The first-order valence-electron chi connectivity index (χ1n) is 18.1. The van der Waals surface area contributed by atoms with E-state index in [0.29, 0.717) is 0 Å². The van der Waals surface area contributed by atoms with Gasteiger partial charge in [-0.05, 0) is 151 Å². The van der Waals surface area contributed by atoms with Crippen LogP contribution in [-0.4, -0.2) is 0 Å². The minimum Gasteiger partial charge on any atom is -0.0622 e. The molecule has 240 valence electrons. The molecule has 52 heavy (non-hydrogen) atoms. The van der Waals surface area contributed by atoms with Crippen molar-refractivity contribution in [3.8, 4) is 33.4 Å². The summed E-state index contributed by atoms with van der Waals surface area (Å²) in [6, 6.07) is 72.0. The molecule has 0 aliphatic carbocycles. The molecular weight excluding hydrogens is 625 g/mol. The zero-order valence-electron chi connectivity index (χ0n) is 28.5. The molecule has 0 heteroatoms. The maximum absolute atomic E-state index is 2.40. The summed E-state index contributed by atoms with van der Waals surface area (Å²) in [7, 11) is 0.